The van der Waals surface area contributed by atoms with Gasteiger partial charge >= 0.3 is 6.03 Å². The molecule has 6 rings (SSSR count). The molecule has 0 aromatic carbocycles. The fraction of sp³-hybridized carbons (Fsp3) is 0.632. The number of H-pyrrole nitrogens is 1. The maximum absolute atomic E-state index is 12.4. The number of fused-ring (bicyclic) bond motifs is 1. The van der Waals surface area contributed by atoms with Crippen molar-refractivity contribution in [3.05, 3.63) is 33.6 Å². The zero-order valence-electron chi connectivity index (χ0n) is 32.9. The lowest BCUT2D eigenvalue weighted by Gasteiger charge is -2.25. The second-order valence-corrected chi connectivity index (χ2v) is 15.8. The van der Waals surface area contributed by atoms with Crippen LogP contribution in [0, 0.1) is 6.92 Å². The van der Waals surface area contributed by atoms with Gasteiger partial charge < -0.3 is 31.2 Å². The highest BCUT2D eigenvalue weighted by atomic mass is 32.1. The lowest BCUT2D eigenvalue weighted by atomic mass is 10.0. The molecule has 5 N–H and O–H groups in total. The van der Waals surface area contributed by atoms with Crippen LogP contribution in [-0.2, 0) is 26.2 Å². The number of carbonyl (C=O) groups excluding carboxylic acids is 5. The van der Waals surface area contributed by atoms with Crippen LogP contribution < -0.4 is 26.8 Å². The number of nitrogens with one attached hydrogen (secondary N) is 5. The van der Waals surface area contributed by atoms with Gasteiger partial charge in [0.2, 0.25) is 17.6 Å². The van der Waals surface area contributed by atoms with E-state index in [0.29, 0.717) is 29.9 Å². The van der Waals surface area contributed by atoms with E-state index >= 15 is 0 Å². The van der Waals surface area contributed by atoms with Crippen molar-refractivity contribution in [1.82, 2.24) is 45.9 Å². The summed E-state index contributed by atoms with van der Waals surface area (Å²) in [5, 5.41) is 16.3. The number of hydrogen-bond acceptors (Lipinski definition) is 9. The zero-order chi connectivity index (χ0) is 39.8. The number of nitrogens with zero attached hydrogens (tertiary/aromatic N) is 4. The summed E-state index contributed by atoms with van der Waals surface area (Å²) in [6.45, 7) is 11.4. The molecule has 1 aliphatic heterocycles. The summed E-state index contributed by atoms with van der Waals surface area (Å²) in [4.78, 5) is 80.4. The molecule has 0 radical (unpaired) electrons. The van der Waals surface area contributed by atoms with Gasteiger partial charge in [-0.2, -0.15) is 5.10 Å². The van der Waals surface area contributed by atoms with Gasteiger partial charge in [-0.05, 0) is 70.9 Å². The number of likely N-dealkylation sites (tertiary alicyclic amines) is 1. The molecule has 1 atom stereocenters. The molecule has 298 valence electrons. The molecule has 0 spiro atoms. The standard InChI is InChI=1S/C18H29N5O5.C11H10N4OS.C6H12.C3H8/c1-18(2,3)22-17(28)20-10-14(25)23-8-4-5-12(23)15(26)19-9-13(24)16(27)21-11-6-7-11;1-6-5-8(15(2)14-6)10-12-7-3-4-17-9(7)11(16)13-10;1-2-4-6-5-3-1;1-3-2/h11-12H,4-10H2,1-3H3,(H,19,26)(H,21,27)(H2,20,22,28);3-5H,1-2H3,(H,12,13,16);1-6H2;3H2,1-2H3. The molecule has 3 aromatic heterocycles. The number of urea groups is 1. The molecular weight excluding hydrogens is 711 g/mol. The number of aryl methyl sites for hydroxylation is 2. The van der Waals surface area contributed by atoms with E-state index in [9.17, 15) is 28.8 Å². The third kappa shape index (κ3) is 14.7. The van der Waals surface area contributed by atoms with Crippen LogP contribution in [0.2, 0.25) is 0 Å². The molecule has 4 heterocycles. The van der Waals surface area contributed by atoms with E-state index in [1.165, 1.54) is 61.2 Å². The van der Waals surface area contributed by atoms with Crippen molar-refractivity contribution in [3.8, 4) is 11.5 Å². The minimum atomic E-state index is -0.711. The molecule has 1 unspecified atom stereocenters. The Morgan fingerprint density at radius 2 is 1.57 bits per heavy atom. The van der Waals surface area contributed by atoms with Gasteiger partial charge in [0.15, 0.2) is 5.82 Å². The first-order chi connectivity index (χ1) is 25.6. The fourth-order valence-corrected chi connectivity index (χ4v) is 6.45. The normalized spacial score (nSPS) is 16.4. The van der Waals surface area contributed by atoms with Gasteiger partial charge in [0.1, 0.15) is 16.4 Å². The summed E-state index contributed by atoms with van der Waals surface area (Å²) in [5.74, 6) is -1.70. The highest BCUT2D eigenvalue weighted by molar-refractivity contribution is 7.17. The Labute approximate surface area is 321 Å². The third-order valence-corrected chi connectivity index (χ3v) is 9.32. The number of thiophene rings is 1. The first kappa shape index (κ1) is 43.8. The largest absolute Gasteiger partial charge is 0.347 e. The molecular formula is C38H59N9O6S. The van der Waals surface area contributed by atoms with Crippen LogP contribution in [0.25, 0.3) is 21.7 Å². The Hall–Kier alpha value is -4.60. The molecule has 2 saturated carbocycles. The number of rotatable bonds is 8. The van der Waals surface area contributed by atoms with E-state index in [4.69, 9.17) is 0 Å². The maximum Gasteiger partial charge on any atom is 0.315 e. The van der Waals surface area contributed by atoms with E-state index in [-0.39, 0.29) is 24.1 Å². The maximum atomic E-state index is 12.4. The Morgan fingerprint density at radius 3 is 2.13 bits per heavy atom. The lowest BCUT2D eigenvalue weighted by Crippen LogP contribution is -2.52. The molecule has 1 saturated heterocycles. The third-order valence-electron chi connectivity index (χ3n) is 8.41. The van der Waals surface area contributed by atoms with E-state index < -0.39 is 41.8 Å². The lowest BCUT2D eigenvalue weighted by molar-refractivity contribution is -0.140. The predicted octanol–water partition coefficient (Wildman–Crippen LogP) is 4.49. The summed E-state index contributed by atoms with van der Waals surface area (Å²) >= 11 is 1.40. The summed E-state index contributed by atoms with van der Waals surface area (Å²) < 4.78 is 2.37. The van der Waals surface area contributed by atoms with Gasteiger partial charge in [-0.15, -0.1) is 11.3 Å². The topological polar surface area (TPSA) is 200 Å². The molecule has 3 aliphatic rings. The van der Waals surface area contributed by atoms with Gasteiger partial charge in [-0.25, -0.2) is 9.78 Å². The van der Waals surface area contributed by atoms with Crippen LogP contribution in [0.4, 0.5) is 4.79 Å². The van der Waals surface area contributed by atoms with E-state index in [2.05, 4.69) is 50.2 Å². The molecule has 0 bridgehead atoms. The molecule has 2 aliphatic carbocycles. The van der Waals surface area contributed by atoms with Crippen LogP contribution in [0.15, 0.2) is 22.3 Å². The van der Waals surface area contributed by atoms with Crippen molar-refractivity contribution in [2.24, 2.45) is 7.05 Å². The van der Waals surface area contributed by atoms with Gasteiger partial charge in [-0.3, -0.25) is 28.7 Å². The zero-order valence-corrected chi connectivity index (χ0v) is 33.7. The highest BCUT2D eigenvalue weighted by Gasteiger charge is 2.35. The second kappa shape index (κ2) is 21.3. The highest BCUT2D eigenvalue weighted by Crippen LogP contribution is 2.20. The number of amides is 5. The van der Waals surface area contributed by atoms with Crippen molar-refractivity contribution in [1.29, 1.82) is 0 Å². The molecule has 15 nitrogen and oxygen atoms in total. The van der Waals surface area contributed by atoms with Gasteiger partial charge in [0.25, 0.3) is 11.5 Å². The number of hydrogen-bond donors (Lipinski definition) is 5. The smallest absolute Gasteiger partial charge is 0.315 e. The van der Waals surface area contributed by atoms with Crippen LogP contribution in [0.1, 0.15) is 111 Å². The molecule has 3 fully saturated rings. The summed E-state index contributed by atoms with van der Waals surface area (Å²) in [6.07, 6.45) is 13.1. The van der Waals surface area contributed by atoms with E-state index in [0.717, 1.165) is 29.7 Å². The first-order valence-corrected chi connectivity index (χ1v) is 20.0. The summed E-state index contributed by atoms with van der Waals surface area (Å²) in [7, 11) is 1.83. The number of aromatic nitrogens is 4. The van der Waals surface area contributed by atoms with Crippen LogP contribution in [0.5, 0.6) is 0 Å². The van der Waals surface area contributed by atoms with Crippen LogP contribution >= 0.6 is 11.3 Å². The van der Waals surface area contributed by atoms with Gasteiger partial charge in [0, 0.05) is 25.2 Å². The van der Waals surface area contributed by atoms with Crippen molar-refractivity contribution < 1.29 is 24.0 Å². The van der Waals surface area contributed by atoms with E-state index in [1.807, 2.05) is 52.3 Å². The Balaban J connectivity index is 0.000000251. The monoisotopic (exact) mass is 769 g/mol. The Kier molecular flexibility index (Phi) is 17.3. The Bertz CT molecular complexity index is 1760. The average Bonchev–Trinajstić information content (AvgIpc) is 3.44. The number of aromatic amines is 1. The Morgan fingerprint density at radius 1 is 0.944 bits per heavy atom. The van der Waals surface area contributed by atoms with Crippen molar-refractivity contribution >= 4 is 51.1 Å². The number of Topliss-reactive ketones (excluding diaryl/α,β-unsaturated/α-hetero) is 1. The second-order valence-electron chi connectivity index (χ2n) is 14.9. The van der Waals surface area contributed by atoms with Crippen LogP contribution in [-0.4, -0.2) is 91.4 Å². The number of carbonyl (C=O) groups is 5. The van der Waals surface area contributed by atoms with Gasteiger partial charge in [-0.1, -0.05) is 58.8 Å². The SMILES string of the molecule is C1CCCCC1.CC(C)(C)NC(=O)NCC(=O)N1CCCC1C(=O)NCC(=O)C(=O)NC1CC1.CCC.Cc1cc(-c2nc3ccsc3c(=O)[nH]2)n(C)n1. The first-order valence-electron chi connectivity index (χ1n) is 19.1. The molecule has 54 heavy (non-hydrogen) atoms. The van der Waals surface area contributed by atoms with Crippen molar-refractivity contribution in [2.45, 2.75) is 130 Å². The molecule has 16 heteroatoms. The van der Waals surface area contributed by atoms with E-state index in [1.54, 1.807) is 4.68 Å². The predicted molar refractivity (Wildman–Crippen MR) is 211 cm³/mol. The molecule has 3 aromatic rings. The van der Waals surface area contributed by atoms with Gasteiger partial charge in [0.05, 0.1) is 24.3 Å². The summed E-state index contributed by atoms with van der Waals surface area (Å²) in [5.41, 5.74) is 1.91. The molecule has 5 amide bonds. The summed E-state index contributed by atoms with van der Waals surface area (Å²) in [6, 6.07) is 2.64. The fourth-order valence-electron chi connectivity index (χ4n) is 5.73. The average molecular weight is 770 g/mol. The minimum absolute atomic E-state index is 0.0677. The number of ketones is 1. The quantitative estimate of drug-likeness (QED) is 0.206. The minimum Gasteiger partial charge on any atom is -0.347 e. The van der Waals surface area contributed by atoms with Crippen molar-refractivity contribution in [2.75, 3.05) is 19.6 Å². The van der Waals surface area contributed by atoms with Crippen LogP contribution in [0.3, 0.4) is 0 Å². The van der Waals surface area contributed by atoms with Crippen molar-refractivity contribution in [3.63, 3.8) is 0 Å².